The summed E-state index contributed by atoms with van der Waals surface area (Å²) in [5.41, 5.74) is 4.07. The van der Waals surface area contributed by atoms with Crippen LogP contribution in [0.4, 0.5) is 0 Å². The fourth-order valence-electron chi connectivity index (χ4n) is 5.32. The zero-order chi connectivity index (χ0) is 23.8. The number of hydrogen-bond donors (Lipinski definition) is 2. The summed E-state index contributed by atoms with van der Waals surface area (Å²) in [4.78, 5) is 2.47. The molecular formula is C30H29NO4. The Morgan fingerprint density at radius 3 is 2.37 bits per heavy atom. The van der Waals surface area contributed by atoms with Crippen molar-refractivity contribution in [1.82, 2.24) is 4.90 Å². The van der Waals surface area contributed by atoms with Crippen molar-refractivity contribution in [2.45, 2.75) is 25.4 Å². The molecule has 2 aliphatic heterocycles. The van der Waals surface area contributed by atoms with Gasteiger partial charge in [-0.3, -0.25) is 4.90 Å². The number of hydrogen-bond acceptors (Lipinski definition) is 5. The number of piperidine rings is 1. The van der Waals surface area contributed by atoms with E-state index in [1.165, 1.54) is 32.4 Å². The van der Waals surface area contributed by atoms with Crippen molar-refractivity contribution in [1.29, 1.82) is 0 Å². The largest absolute Gasteiger partial charge is 0.508 e. The number of likely N-dealkylation sites (tertiary alicyclic amines) is 1. The molecule has 0 bridgehead atoms. The van der Waals surface area contributed by atoms with E-state index in [9.17, 15) is 10.2 Å². The van der Waals surface area contributed by atoms with Gasteiger partial charge in [0.25, 0.3) is 0 Å². The van der Waals surface area contributed by atoms with E-state index in [1.54, 1.807) is 24.3 Å². The molecule has 35 heavy (non-hydrogen) atoms. The summed E-state index contributed by atoms with van der Waals surface area (Å²) in [6, 6.07) is 22.9. The van der Waals surface area contributed by atoms with Gasteiger partial charge in [-0.1, -0.05) is 36.8 Å². The number of aromatic hydroxyl groups is 2. The molecule has 5 heteroatoms. The van der Waals surface area contributed by atoms with E-state index in [1.807, 2.05) is 30.3 Å². The fourth-order valence-corrected chi connectivity index (χ4v) is 5.32. The molecule has 178 valence electrons. The first-order valence-electron chi connectivity index (χ1n) is 12.4. The van der Waals surface area contributed by atoms with Crippen molar-refractivity contribution < 1.29 is 19.7 Å². The van der Waals surface area contributed by atoms with Crippen LogP contribution in [0, 0.1) is 0 Å². The third-order valence-electron chi connectivity index (χ3n) is 7.12. The standard InChI is InChI=1S/C30H29NO4/c32-22-7-12-25-21(18-22)6-11-27-26-13-8-23(33)19-28(26)35-30(29(25)27)20-4-9-24(10-5-20)34-17-16-31-14-2-1-3-15-31/h4-13,18-19,30,32-33H,1-3,14-17H2. The number of benzene rings is 4. The number of rotatable bonds is 5. The Labute approximate surface area is 205 Å². The van der Waals surface area contributed by atoms with Crippen LogP contribution in [-0.2, 0) is 0 Å². The maximum atomic E-state index is 10.1. The highest BCUT2D eigenvalue weighted by molar-refractivity contribution is 5.95. The van der Waals surface area contributed by atoms with Crippen LogP contribution in [0.3, 0.4) is 0 Å². The first-order chi connectivity index (χ1) is 17.2. The first kappa shape index (κ1) is 21.8. The monoisotopic (exact) mass is 467 g/mol. The summed E-state index contributed by atoms with van der Waals surface area (Å²) in [6.45, 7) is 3.98. The van der Waals surface area contributed by atoms with Gasteiger partial charge >= 0.3 is 0 Å². The van der Waals surface area contributed by atoms with Gasteiger partial charge in [0.05, 0.1) is 0 Å². The van der Waals surface area contributed by atoms with Gasteiger partial charge in [-0.25, -0.2) is 0 Å². The molecule has 1 saturated heterocycles. The molecule has 2 aliphatic rings. The van der Waals surface area contributed by atoms with Crippen LogP contribution >= 0.6 is 0 Å². The molecule has 5 nitrogen and oxygen atoms in total. The van der Waals surface area contributed by atoms with Gasteiger partial charge in [-0.2, -0.15) is 0 Å². The van der Waals surface area contributed by atoms with E-state index in [2.05, 4.69) is 23.1 Å². The average Bonchev–Trinajstić information content (AvgIpc) is 2.88. The van der Waals surface area contributed by atoms with Crippen LogP contribution in [0.2, 0.25) is 0 Å². The van der Waals surface area contributed by atoms with Gasteiger partial charge < -0.3 is 19.7 Å². The number of fused-ring (bicyclic) bond motifs is 5. The topological polar surface area (TPSA) is 62.2 Å². The van der Waals surface area contributed by atoms with Gasteiger partial charge in [-0.05, 0) is 84.2 Å². The molecule has 0 spiro atoms. The van der Waals surface area contributed by atoms with Crippen molar-refractivity contribution in [3.63, 3.8) is 0 Å². The maximum Gasteiger partial charge on any atom is 0.150 e. The molecule has 0 radical (unpaired) electrons. The lowest BCUT2D eigenvalue weighted by molar-refractivity contribution is 0.183. The Balaban J connectivity index is 1.31. The molecule has 0 saturated carbocycles. The molecular weight excluding hydrogens is 438 g/mol. The predicted octanol–water partition coefficient (Wildman–Crippen LogP) is 6.26. The Morgan fingerprint density at radius 1 is 0.800 bits per heavy atom. The van der Waals surface area contributed by atoms with Gasteiger partial charge in [0, 0.05) is 23.7 Å². The Morgan fingerprint density at radius 2 is 1.54 bits per heavy atom. The van der Waals surface area contributed by atoms with Crippen molar-refractivity contribution in [2.24, 2.45) is 0 Å². The minimum Gasteiger partial charge on any atom is -0.508 e. The van der Waals surface area contributed by atoms with Crippen LogP contribution in [0.5, 0.6) is 23.0 Å². The van der Waals surface area contributed by atoms with E-state index in [4.69, 9.17) is 9.47 Å². The normalized spacial score (nSPS) is 17.4. The number of ether oxygens (including phenoxy) is 2. The van der Waals surface area contributed by atoms with E-state index < -0.39 is 0 Å². The van der Waals surface area contributed by atoms with Crippen LogP contribution in [0.25, 0.3) is 21.9 Å². The molecule has 0 amide bonds. The number of nitrogens with zero attached hydrogens (tertiary/aromatic N) is 1. The Bertz CT molecular complexity index is 1360. The molecule has 0 aromatic heterocycles. The highest BCUT2D eigenvalue weighted by atomic mass is 16.5. The van der Waals surface area contributed by atoms with Crippen molar-refractivity contribution in [2.75, 3.05) is 26.2 Å². The predicted molar refractivity (Wildman–Crippen MR) is 137 cm³/mol. The van der Waals surface area contributed by atoms with Crippen LogP contribution in [0.1, 0.15) is 36.5 Å². The second kappa shape index (κ2) is 9.16. The molecule has 2 N–H and O–H groups in total. The molecule has 4 aromatic carbocycles. The maximum absolute atomic E-state index is 10.1. The van der Waals surface area contributed by atoms with Gasteiger partial charge in [0.2, 0.25) is 0 Å². The summed E-state index contributed by atoms with van der Waals surface area (Å²) < 4.78 is 12.5. The first-order valence-corrected chi connectivity index (χ1v) is 12.4. The third-order valence-corrected chi connectivity index (χ3v) is 7.12. The molecule has 1 atom stereocenters. The van der Waals surface area contributed by atoms with E-state index in [0.29, 0.717) is 12.4 Å². The van der Waals surface area contributed by atoms with Gasteiger partial charge in [0.1, 0.15) is 29.6 Å². The molecule has 4 aromatic rings. The highest BCUT2D eigenvalue weighted by Gasteiger charge is 2.29. The minimum atomic E-state index is -0.352. The quantitative estimate of drug-likeness (QED) is 0.363. The summed E-state index contributed by atoms with van der Waals surface area (Å²) >= 11 is 0. The summed E-state index contributed by atoms with van der Waals surface area (Å²) in [6.07, 6.45) is 3.56. The zero-order valence-corrected chi connectivity index (χ0v) is 19.6. The van der Waals surface area contributed by atoms with E-state index >= 15 is 0 Å². The minimum absolute atomic E-state index is 0.175. The van der Waals surface area contributed by atoms with E-state index in [-0.39, 0.29) is 17.6 Å². The number of phenols is 2. The second-order valence-electron chi connectivity index (χ2n) is 9.43. The lowest BCUT2D eigenvalue weighted by atomic mass is 9.86. The summed E-state index contributed by atoms with van der Waals surface area (Å²) in [5, 5.41) is 22.1. The van der Waals surface area contributed by atoms with Crippen LogP contribution in [-0.4, -0.2) is 41.4 Å². The van der Waals surface area contributed by atoms with Crippen molar-refractivity contribution in [3.05, 3.63) is 83.9 Å². The second-order valence-corrected chi connectivity index (χ2v) is 9.43. The van der Waals surface area contributed by atoms with Crippen molar-refractivity contribution in [3.8, 4) is 34.1 Å². The fraction of sp³-hybridized carbons (Fsp3) is 0.267. The number of phenolic OH excluding ortho intramolecular Hbond substituents is 2. The zero-order valence-electron chi connectivity index (χ0n) is 19.6. The lowest BCUT2D eigenvalue weighted by Crippen LogP contribution is -2.33. The Kier molecular flexibility index (Phi) is 5.71. The van der Waals surface area contributed by atoms with Gasteiger partial charge in [-0.15, -0.1) is 0 Å². The highest BCUT2D eigenvalue weighted by Crippen LogP contribution is 2.48. The molecule has 0 aliphatic carbocycles. The van der Waals surface area contributed by atoms with Crippen molar-refractivity contribution >= 4 is 10.8 Å². The third kappa shape index (κ3) is 4.28. The Hall–Kier alpha value is -3.70. The smallest absolute Gasteiger partial charge is 0.150 e. The van der Waals surface area contributed by atoms with Crippen LogP contribution < -0.4 is 9.47 Å². The summed E-state index contributed by atoms with van der Waals surface area (Å²) in [7, 11) is 0. The van der Waals surface area contributed by atoms with Crippen LogP contribution in [0.15, 0.2) is 72.8 Å². The van der Waals surface area contributed by atoms with E-state index in [0.717, 1.165) is 45.3 Å². The molecule has 6 rings (SSSR count). The molecule has 1 fully saturated rings. The molecule has 2 heterocycles. The average molecular weight is 468 g/mol. The SMILES string of the molecule is Oc1ccc2c(c1)OC(c1ccc(OCCN3CCCCC3)cc1)c1c-2ccc2cc(O)ccc12. The lowest BCUT2D eigenvalue weighted by Gasteiger charge is -2.30. The summed E-state index contributed by atoms with van der Waals surface area (Å²) in [5.74, 6) is 1.92. The van der Waals surface area contributed by atoms with Gasteiger partial charge in [0.15, 0.2) is 6.10 Å². The molecule has 1 unspecified atom stereocenters.